The molecule has 0 aliphatic rings. The van der Waals surface area contributed by atoms with Gasteiger partial charge in [-0.2, -0.15) is 0 Å². The Morgan fingerprint density at radius 3 is 2.39 bits per heavy atom. The number of carbonyl (C=O) groups excluding carboxylic acids is 2. The Labute approximate surface area is 219 Å². The summed E-state index contributed by atoms with van der Waals surface area (Å²) in [5.74, 6) is 0.445. The van der Waals surface area contributed by atoms with Crippen molar-refractivity contribution >= 4 is 39.1 Å². The van der Waals surface area contributed by atoms with Crippen molar-refractivity contribution in [3.63, 3.8) is 0 Å². The Kier molecular flexibility index (Phi) is 11.0. The van der Waals surface area contributed by atoms with E-state index < -0.39 is 16.1 Å². The van der Waals surface area contributed by atoms with Gasteiger partial charge in [-0.05, 0) is 55.2 Å². The number of ether oxygens (including phenoxy) is 1. The number of methoxy groups -OCH3 is 1. The zero-order valence-electron chi connectivity index (χ0n) is 21.5. The predicted molar refractivity (Wildman–Crippen MR) is 144 cm³/mol. The van der Waals surface area contributed by atoms with E-state index >= 15 is 0 Å². The standard InChI is InChI=1S/C26H36ClN3O5S/c1-19(2)17-28-26(32)20(3)29(18-21-9-6-12-24(15-21)35-4)25(31)13-8-14-30(36(5,33)34)23-11-7-10-22(27)16-23/h6-7,9-12,15-16,19-20H,8,13-14,17-18H2,1-5H3,(H,28,32)/t20-/m0/s1. The van der Waals surface area contributed by atoms with Gasteiger partial charge >= 0.3 is 0 Å². The maximum absolute atomic E-state index is 13.3. The molecule has 0 saturated carbocycles. The van der Waals surface area contributed by atoms with Gasteiger partial charge in [0.1, 0.15) is 11.8 Å². The van der Waals surface area contributed by atoms with Crippen LogP contribution in [0.15, 0.2) is 48.5 Å². The lowest BCUT2D eigenvalue weighted by Crippen LogP contribution is -2.48. The van der Waals surface area contributed by atoms with Gasteiger partial charge in [0.25, 0.3) is 0 Å². The van der Waals surface area contributed by atoms with Gasteiger partial charge in [0.15, 0.2) is 0 Å². The largest absolute Gasteiger partial charge is 0.497 e. The molecule has 0 fully saturated rings. The van der Waals surface area contributed by atoms with Crippen LogP contribution in [0.4, 0.5) is 5.69 Å². The molecule has 0 bridgehead atoms. The number of rotatable bonds is 13. The summed E-state index contributed by atoms with van der Waals surface area (Å²) in [5.41, 5.74) is 1.26. The Bertz CT molecular complexity index is 1140. The normalized spacial score (nSPS) is 12.2. The number of anilines is 1. The highest BCUT2D eigenvalue weighted by Gasteiger charge is 2.27. The van der Waals surface area contributed by atoms with Crippen molar-refractivity contribution in [1.29, 1.82) is 0 Å². The maximum Gasteiger partial charge on any atom is 0.242 e. The van der Waals surface area contributed by atoms with Crippen molar-refractivity contribution < 1.29 is 22.7 Å². The minimum absolute atomic E-state index is 0.0678. The maximum atomic E-state index is 13.3. The Balaban J connectivity index is 2.18. The Morgan fingerprint density at radius 2 is 1.78 bits per heavy atom. The van der Waals surface area contributed by atoms with Crippen LogP contribution in [0.25, 0.3) is 0 Å². The van der Waals surface area contributed by atoms with Crippen LogP contribution in [0, 0.1) is 5.92 Å². The lowest BCUT2D eigenvalue weighted by atomic mass is 10.1. The number of halogens is 1. The number of hydrogen-bond donors (Lipinski definition) is 1. The lowest BCUT2D eigenvalue weighted by Gasteiger charge is -2.30. The minimum Gasteiger partial charge on any atom is -0.497 e. The van der Waals surface area contributed by atoms with Crippen LogP contribution in [0.2, 0.25) is 5.02 Å². The van der Waals surface area contributed by atoms with Crippen molar-refractivity contribution in [2.75, 3.05) is 30.8 Å². The van der Waals surface area contributed by atoms with E-state index in [1.165, 1.54) is 9.21 Å². The molecular formula is C26H36ClN3O5S. The van der Waals surface area contributed by atoms with Crippen LogP contribution < -0.4 is 14.4 Å². The molecule has 8 nitrogen and oxygen atoms in total. The molecule has 1 atom stereocenters. The summed E-state index contributed by atoms with van der Waals surface area (Å²) >= 11 is 6.04. The van der Waals surface area contributed by atoms with E-state index in [9.17, 15) is 18.0 Å². The van der Waals surface area contributed by atoms with E-state index in [-0.39, 0.29) is 43.7 Å². The number of benzene rings is 2. The molecule has 0 saturated heterocycles. The van der Waals surface area contributed by atoms with Gasteiger partial charge in [-0.1, -0.05) is 43.6 Å². The minimum atomic E-state index is -3.58. The van der Waals surface area contributed by atoms with E-state index in [0.29, 0.717) is 23.0 Å². The summed E-state index contributed by atoms with van der Waals surface area (Å²) in [7, 11) is -2.02. The molecule has 0 radical (unpaired) electrons. The summed E-state index contributed by atoms with van der Waals surface area (Å²) in [4.78, 5) is 27.7. The van der Waals surface area contributed by atoms with Crippen LogP contribution in [-0.2, 0) is 26.2 Å². The second kappa shape index (κ2) is 13.5. The highest BCUT2D eigenvalue weighted by molar-refractivity contribution is 7.92. The highest BCUT2D eigenvalue weighted by atomic mass is 35.5. The Morgan fingerprint density at radius 1 is 1.08 bits per heavy atom. The first-order chi connectivity index (χ1) is 16.9. The van der Waals surface area contributed by atoms with Crippen molar-refractivity contribution in [2.24, 2.45) is 5.92 Å². The molecule has 0 heterocycles. The van der Waals surface area contributed by atoms with Gasteiger partial charge in [0.2, 0.25) is 21.8 Å². The monoisotopic (exact) mass is 537 g/mol. The molecular weight excluding hydrogens is 502 g/mol. The third kappa shape index (κ3) is 9.02. The predicted octanol–water partition coefficient (Wildman–Crippen LogP) is 4.08. The van der Waals surface area contributed by atoms with Gasteiger partial charge in [-0.3, -0.25) is 13.9 Å². The van der Waals surface area contributed by atoms with Gasteiger partial charge in [-0.15, -0.1) is 0 Å². The first-order valence-corrected chi connectivity index (χ1v) is 14.1. The molecule has 36 heavy (non-hydrogen) atoms. The smallest absolute Gasteiger partial charge is 0.242 e. The molecule has 1 N–H and O–H groups in total. The molecule has 0 aliphatic carbocycles. The fourth-order valence-corrected chi connectivity index (χ4v) is 4.78. The number of sulfonamides is 1. The van der Waals surface area contributed by atoms with Gasteiger partial charge < -0.3 is 15.0 Å². The number of nitrogens with one attached hydrogen (secondary N) is 1. The number of carbonyl (C=O) groups is 2. The molecule has 2 amide bonds. The van der Waals surface area contributed by atoms with Crippen LogP contribution in [0.5, 0.6) is 5.75 Å². The van der Waals surface area contributed by atoms with Crippen LogP contribution in [0.3, 0.4) is 0 Å². The third-order valence-corrected chi connectivity index (χ3v) is 7.02. The average molecular weight is 538 g/mol. The average Bonchev–Trinajstić information content (AvgIpc) is 2.82. The molecule has 0 aromatic heterocycles. The first-order valence-electron chi connectivity index (χ1n) is 11.9. The number of nitrogens with zero attached hydrogens (tertiary/aromatic N) is 2. The molecule has 2 rings (SSSR count). The first kappa shape index (κ1) is 29.5. The van der Waals surface area contributed by atoms with Crippen molar-refractivity contribution in [3.8, 4) is 5.75 Å². The van der Waals surface area contributed by atoms with E-state index in [2.05, 4.69) is 5.32 Å². The zero-order chi connectivity index (χ0) is 26.9. The second-order valence-electron chi connectivity index (χ2n) is 9.11. The molecule has 2 aromatic carbocycles. The summed E-state index contributed by atoms with van der Waals surface area (Å²) in [5, 5.41) is 3.31. The van der Waals surface area contributed by atoms with Crippen LogP contribution in [0.1, 0.15) is 39.2 Å². The van der Waals surface area contributed by atoms with Gasteiger partial charge in [0.05, 0.1) is 19.1 Å². The summed E-state index contributed by atoms with van der Waals surface area (Å²) in [6, 6.07) is 13.2. The SMILES string of the molecule is COc1cccc(CN(C(=O)CCCN(c2cccc(Cl)c2)S(C)(=O)=O)[C@@H](C)C(=O)NCC(C)C)c1. The van der Waals surface area contributed by atoms with Gasteiger partial charge in [0, 0.05) is 31.1 Å². The molecule has 0 spiro atoms. The summed E-state index contributed by atoms with van der Waals surface area (Å²) < 4.78 is 31.3. The molecule has 2 aromatic rings. The summed E-state index contributed by atoms with van der Waals surface area (Å²) in [6.07, 6.45) is 1.46. The fraction of sp³-hybridized carbons (Fsp3) is 0.462. The second-order valence-corrected chi connectivity index (χ2v) is 11.4. The Hall–Kier alpha value is -2.78. The van der Waals surface area contributed by atoms with Crippen LogP contribution in [-0.4, -0.2) is 57.6 Å². The molecule has 0 unspecified atom stereocenters. The van der Waals surface area contributed by atoms with Crippen molar-refractivity contribution in [2.45, 2.75) is 46.2 Å². The van der Waals surface area contributed by atoms with Gasteiger partial charge in [-0.25, -0.2) is 8.42 Å². The van der Waals surface area contributed by atoms with E-state index in [4.69, 9.17) is 16.3 Å². The fourth-order valence-electron chi connectivity index (χ4n) is 3.64. The lowest BCUT2D eigenvalue weighted by molar-refractivity contribution is -0.140. The van der Waals surface area contributed by atoms with E-state index in [0.717, 1.165) is 11.8 Å². The number of amides is 2. The highest BCUT2D eigenvalue weighted by Crippen LogP contribution is 2.23. The quantitative estimate of drug-likeness (QED) is 0.415. The van der Waals surface area contributed by atoms with Crippen molar-refractivity contribution in [1.82, 2.24) is 10.2 Å². The number of hydrogen-bond acceptors (Lipinski definition) is 5. The van der Waals surface area contributed by atoms with Crippen molar-refractivity contribution in [3.05, 3.63) is 59.1 Å². The third-order valence-electron chi connectivity index (χ3n) is 5.59. The zero-order valence-corrected chi connectivity index (χ0v) is 23.1. The topological polar surface area (TPSA) is 96.0 Å². The molecule has 10 heteroatoms. The van der Waals surface area contributed by atoms with E-state index in [1.807, 2.05) is 38.1 Å². The van der Waals surface area contributed by atoms with E-state index in [1.54, 1.807) is 38.3 Å². The van der Waals surface area contributed by atoms with Crippen LogP contribution >= 0.6 is 11.6 Å². The molecule has 0 aliphatic heterocycles. The molecule has 198 valence electrons. The summed E-state index contributed by atoms with van der Waals surface area (Å²) in [6.45, 7) is 6.52.